The van der Waals surface area contributed by atoms with Gasteiger partial charge in [0.1, 0.15) is 5.54 Å². The molecule has 1 aliphatic rings. The summed E-state index contributed by atoms with van der Waals surface area (Å²) in [6.07, 6.45) is 6.06. The van der Waals surface area contributed by atoms with Crippen molar-refractivity contribution in [3.05, 3.63) is 18.2 Å². The molecule has 14 heavy (non-hydrogen) atoms. The second kappa shape index (κ2) is 3.19. The van der Waals surface area contributed by atoms with Crippen molar-refractivity contribution >= 4 is 5.78 Å². The van der Waals surface area contributed by atoms with Gasteiger partial charge in [-0.3, -0.25) is 9.48 Å². The number of hydrogen-bond donors (Lipinski definition) is 0. The SMILES string of the molecule is CC(=O)C1(n2cc(F)cn2)CCCC1. The second-order valence-electron chi connectivity index (χ2n) is 3.90. The Balaban J connectivity index is 2.41. The van der Waals surface area contributed by atoms with Crippen LogP contribution in [0.3, 0.4) is 0 Å². The number of halogens is 1. The number of Topliss-reactive ketones (excluding diaryl/α,β-unsaturated/α-hetero) is 1. The van der Waals surface area contributed by atoms with Crippen molar-refractivity contribution < 1.29 is 9.18 Å². The molecule has 0 aliphatic heterocycles. The summed E-state index contributed by atoms with van der Waals surface area (Å²) in [5, 5.41) is 3.91. The van der Waals surface area contributed by atoms with E-state index in [1.54, 1.807) is 6.92 Å². The van der Waals surface area contributed by atoms with Crippen molar-refractivity contribution in [2.45, 2.75) is 38.1 Å². The third-order valence-electron chi connectivity index (χ3n) is 3.08. The fourth-order valence-corrected chi connectivity index (χ4v) is 2.24. The van der Waals surface area contributed by atoms with E-state index in [0.29, 0.717) is 0 Å². The molecule has 0 amide bonds. The Morgan fingerprint density at radius 2 is 2.21 bits per heavy atom. The summed E-state index contributed by atoms with van der Waals surface area (Å²) >= 11 is 0. The van der Waals surface area contributed by atoms with Gasteiger partial charge >= 0.3 is 0 Å². The summed E-state index contributed by atoms with van der Waals surface area (Å²) in [5.74, 6) is -0.296. The number of aromatic nitrogens is 2. The van der Waals surface area contributed by atoms with Crippen LogP contribution in [-0.2, 0) is 10.3 Å². The highest BCUT2D eigenvalue weighted by molar-refractivity contribution is 5.84. The molecule has 1 saturated carbocycles. The summed E-state index contributed by atoms with van der Waals surface area (Å²) in [6.45, 7) is 1.56. The zero-order chi connectivity index (χ0) is 10.2. The number of hydrogen-bond acceptors (Lipinski definition) is 2. The predicted molar refractivity (Wildman–Crippen MR) is 49.3 cm³/mol. The molecule has 0 spiro atoms. The molecule has 76 valence electrons. The summed E-state index contributed by atoms with van der Waals surface area (Å²) in [7, 11) is 0. The monoisotopic (exact) mass is 196 g/mol. The van der Waals surface area contributed by atoms with Crippen molar-refractivity contribution in [3.8, 4) is 0 Å². The molecule has 0 N–H and O–H groups in total. The van der Waals surface area contributed by atoms with Gasteiger partial charge in [-0.05, 0) is 19.8 Å². The van der Waals surface area contributed by atoms with Crippen LogP contribution in [0.4, 0.5) is 4.39 Å². The zero-order valence-corrected chi connectivity index (χ0v) is 8.16. The van der Waals surface area contributed by atoms with Gasteiger partial charge in [-0.1, -0.05) is 12.8 Å². The van der Waals surface area contributed by atoms with E-state index >= 15 is 0 Å². The van der Waals surface area contributed by atoms with Crippen molar-refractivity contribution in [2.24, 2.45) is 0 Å². The van der Waals surface area contributed by atoms with E-state index < -0.39 is 5.54 Å². The van der Waals surface area contributed by atoms with Gasteiger partial charge in [-0.2, -0.15) is 5.10 Å². The topological polar surface area (TPSA) is 34.9 Å². The van der Waals surface area contributed by atoms with E-state index in [2.05, 4.69) is 5.10 Å². The van der Waals surface area contributed by atoms with Crippen LogP contribution in [0.5, 0.6) is 0 Å². The van der Waals surface area contributed by atoms with Gasteiger partial charge < -0.3 is 0 Å². The van der Waals surface area contributed by atoms with Gasteiger partial charge in [-0.15, -0.1) is 0 Å². The van der Waals surface area contributed by atoms with Crippen LogP contribution in [0, 0.1) is 5.82 Å². The minimum atomic E-state index is -0.565. The molecule has 1 fully saturated rings. The zero-order valence-electron chi connectivity index (χ0n) is 8.16. The van der Waals surface area contributed by atoms with Gasteiger partial charge in [0.05, 0.1) is 12.4 Å². The Morgan fingerprint density at radius 3 is 2.64 bits per heavy atom. The van der Waals surface area contributed by atoms with Gasteiger partial charge in [0.15, 0.2) is 11.6 Å². The van der Waals surface area contributed by atoms with Crippen LogP contribution in [0.1, 0.15) is 32.6 Å². The Morgan fingerprint density at radius 1 is 1.57 bits per heavy atom. The average molecular weight is 196 g/mol. The standard InChI is InChI=1S/C10H13FN2O/c1-8(14)10(4-2-3-5-10)13-7-9(11)6-12-13/h6-7H,2-5H2,1H3. The van der Waals surface area contributed by atoms with Crippen LogP contribution < -0.4 is 0 Å². The first-order valence-electron chi connectivity index (χ1n) is 4.87. The molecule has 4 heteroatoms. The van der Waals surface area contributed by atoms with Crippen molar-refractivity contribution in [2.75, 3.05) is 0 Å². The van der Waals surface area contributed by atoms with Crippen molar-refractivity contribution in [1.29, 1.82) is 0 Å². The smallest absolute Gasteiger partial charge is 0.161 e. The van der Waals surface area contributed by atoms with Crippen LogP contribution in [0.25, 0.3) is 0 Å². The molecule has 1 heterocycles. The van der Waals surface area contributed by atoms with Gasteiger partial charge in [-0.25, -0.2) is 4.39 Å². The Hall–Kier alpha value is -1.19. The first-order valence-corrected chi connectivity index (χ1v) is 4.87. The molecule has 1 aromatic rings. The average Bonchev–Trinajstić information content (AvgIpc) is 2.71. The number of nitrogens with zero attached hydrogens (tertiary/aromatic N) is 2. The lowest BCUT2D eigenvalue weighted by Crippen LogP contribution is -2.38. The van der Waals surface area contributed by atoms with Crippen LogP contribution >= 0.6 is 0 Å². The minimum absolute atomic E-state index is 0.0816. The lowest BCUT2D eigenvalue weighted by atomic mass is 9.93. The molecule has 0 saturated heterocycles. The summed E-state index contributed by atoms with van der Waals surface area (Å²) in [4.78, 5) is 11.6. The molecule has 1 aromatic heterocycles. The normalized spacial score (nSPS) is 19.9. The van der Waals surface area contributed by atoms with E-state index in [-0.39, 0.29) is 11.6 Å². The van der Waals surface area contributed by atoms with E-state index in [1.165, 1.54) is 10.9 Å². The van der Waals surface area contributed by atoms with Crippen LogP contribution in [0.2, 0.25) is 0 Å². The number of rotatable bonds is 2. The minimum Gasteiger partial charge on any atom is -0.297 e. The summed E-state index contributed by atoms with van der Waals surface area (Å²) in [6, 6.07) is 0. The maximum atomic E-state index is 12.8. The fraction of sp³-hybridized carbons (Fsp3) is 0.600. The largest absolute Gasteiger partial charge is 0.297 e. The Kier molecular flexibility index (Phi) is 2.13. The molecule has 2 rings (SSSR count). The lowest BCUT2D eigenvalue weighted by molar-refractivity contribution is -0.125. The number of carbonyl (C=O) groups excluding carboxylic acids is 1. The summed E-state index contributed by atoms with van der Waals surface area (Å²) < 4.78 is 14.3. The predicted octanol–water partition coefficient (Wildman–Crippen LogP) is 1.88. The molecule has 0 unspecified atom stereocenters. The molecule has 3 nitrogen and oxygen atoms in total. The highest BCUT2D eigenvalue weighted by Crippen LogP contribution is 2.36. The maximum absolute atomic E-state index is 12.8. The molecule has 0 aromatic carbocycles. The fourth-order valence-electron chi connectivity index (χ4n) is 2.24. The Bertz CT molecular complexity index is 353. The maximum Gasteiger partial charge on any atom is 0.161 e. The third kappa shape index (κ3) is 1.25. The quantitative estimate of drug-likeness (QED) is 0.723. The van der Waals surface area contributed by atoms with Crippen LogP contribution in [-0.4, -0.2) is 15.6 Å². The molecule has 1 aliphatic carbocycles. The van der Waals surface area contributed by atoms with Gasteiger partial charge in [0, 0.05) is 0 Å². The van der Waals surface area contributed by atoms with E-state index in [0.717, 1.165) is 31.9 Å². The summed E-state index contributed by atoms with van der Waals surface area (Å²) in [5.41, 5.74) is -0.565. The highest BCUT2D eigenvalue weighted by Gasteiger charge is 2.40. The highest BCUT2D eigenvalue weighted by atomic mass is 19.1. The van der Waals surface area contributed by atoms with Gasteiger partial charge in [0.25, 0.3) is 0 Å². The Labute approximate surface area is 81.9 Å². The van der Waals surface area contributed by atoms with Crippen molar-refractivity contribution in [1.82, 2.24) is 9.78 Å². The number of ketones is 1. The molecule has 0 atom stereocenters. The van der Waals surface area contributed by atoms with E-state index in [4.69, 9.17) is 0 Å². The van der Waals surface area contributed by atoms with Crippen LogP contribution in [0.15, 0.2) is 12.4 Å². The second-order valence-corrected chi connectivity index (χ2v) is 3.90. The lowest BCUT2D eigenvalue weighted by Gasteiger charge is -2.26. The third-order valence-corrected chi connectivity index (χ3v) is 3.08. The van der Waals surface area contributed by atoms with E-state index in [1.807, 2.05) is 0 Å². The number of carbonyl (C=O) groups is 1. The molecular weight excluding hydrogens is 183 g/mol. The van der Waals surface area contributed by atoms with Gasteiger partial charge in [0.2, 0.25) is 0 Å². The molecule has 0 bridgehead atoms. The van der Waals surface area contributed by atoms with Crippen molar-refractivity contribution in [3.63, 3.8) is 0 Å². The first kappa shape index (κ1) is 9.37. The molecular formula is C10H13FN2O. The van der Waals surface area contributed by atoms with E-state index in [9.17, 15) is 9.18 Å². The first-order chi connectivity index (χ1) is 6.65. The molecule has 0 radical (unpaired) electrons.